The van der Waals surface area contributed by atoms with Crippen LogP contribution in [0.5, 0.6) is 0 Å². The van der Waals surface area contributed by atoms with Crippen LogP contribution in [0.15, 0.2) is 46.3 Å². The summed E-state index contributed by atoms with van der Waals surface area (Å²) < 4.78 is 15.5. The van der Waals surface area contributed by atoms with Crippen molar-refractivity contribution in [2.24, 2.45) is 0 Å². The number of aryl methyl sites for hydroxylation is 1. The summed E-state index contributed by atoms with van der Waals surface area (Å²) in [5, 5.41) is 0. The van der Waals surface area contributed by atoms with E-state index in [1.165, 1.54) is 11.6 Å². The van der Waals surface area contributed by atoms with E-state index in [0.29, 0.717) is 6.61 Å². The first-order valence-electron chi connectivity index (χ1n) is 6.32. The van der Waals surface area contributed by atoms with Crippen LogP contribution in [0.3, 0.4) is 0 Å². The lowest BCUT2D eigenvalue weighted by Gasteiger charge is -2.13. The summed E-state index contributed by atoms with van der Waals surface area (Å²) in [5.74, 6) is -0.330. The van der Waals surface area contributed by atoms with Crippen LogP contribution >= 0.6 is 0 Å². The van der Waals surface area contributed by atoms with Crippen LogP contribution in [-0.2, 0) is 20.7 Å². The fraction of sp³-hybridized carbons (Fsp3) is 0.400. The molecule has 0 fully saturated rings. The van der Waals surface area contributed by atoms with E-state index >= 15 is 0 Å². The number of cyclic esters (lactones) is 1. The molecule has 1 atom stereocenters. The molecule has 2 rings (SSSR count). The molecule has 0 radical (unpaired) electrons. The molecule has 1 aromatic heterocycles. The van der Waals surface area contributed by atoms with Crippen molar-refractivity contribution >= 4 is 5.97 Å². The van der Waals surface area contributed by atoms with Gasteiger partial charge in [-0.25, -0.2) is 4.79 Å². The molecule has 0 unspecified atom stereocenters. The van der Waals surface area contributed by atoms with Crippen molar-refractivity contribution in [1.82, 2.24) is 0 Å². The van der Waals surface area contributed by atoms with E-state index in [-0.39, 0.29) is 5.97 Å². The van der Waals surface area contributed by atoms with Gasteiger partial charge in [-0.2, -0.15) is 0 Å². The maximum atomic E-state index is 11.0. The molecular formula is C15H18O4. The largest absolute Gasteiger partial charge is 0.472 e. The highest BCUT2D eigenvalue weighted by Gasteiger charge is 2.23. The predicted molar refractivity (Wildman–Crippen MR) is 70.4 cm³/mol. The normalized spacial score (nSPS) is 19.5. The van der Waals surface area contributed by atoms with Crippen LogP contribution in [0.2, 0.25) is 0 Å². The molecule has 2 heterocycles. The maximum Gasteiger partial charge on any atom is 0.333 e. The Bertz CT molecular complexity index is 482. The van der Waals surface area contributed by atoms with E-state index in [0.717, 1.165) is 24.0 Å². The first-order valence-corrected chi connectivity index (χ1v) is 6.32. The molecule has 1 aliphatic rings. The van der Waals surface area contributed by atoms with Gasteiger partial charge in [-0.3, -0.25) is 0 Å². The van der Waals surface area contributed by atoms with Gasteiger partial charge >= 0.3 is 5.97 Å². The van der Waals surface area contributed by atoms with Crippen LogP contribution in [-0.4, -0.2) is 18.9 Å². The predicted octanol–water partition coefficient (Wildman–Crippen LogP) is 3.00. The Hall–Kier alpha value is -1.81. The number of rotatable bonds is 6. The van der Waals surface area contributed by atoms with Crippen LogP contribution in [0.4, 0.5) is 0 Å². The van der Waals surface area contributed by atoms with Crippen molar-refractivity contribution in [2.75, 3.05) is 6.61 Å². The zero-order valence-electron chi connectivity index (χ0n) is 11.2. The minimum atomic E-state index is -0.523. The van der Waals surface area contributed by atoms with Gasteiger partial charge in [0, 0.05) is 11.6 Å². The van der Waals surface area contributed by atoms with Crippen LogP contribution < -0.4 is 0 Å². The smallest absolute Gasteiger partial charge is 0.333 e. The van der Waals surface area contributed by atoms with Gasteiger partial charge in [-0.05, 0) is 38.3 Å². The molecule has 0 aromatic carbocycles. The highest BCUT2D eigenvalue weighted by molar-refractivity contribution is 5.85. The van der Waals surface area contributed by atoms with E-state index in [9.17, 15) is 4.79 Å². The fourth-order valence-corrected chi connectivity index (χ4v) is 1.84. The summed E-state index contributed by atoms with van der Waals surface area (Å²) in [5.41, 5.74) is 3.13. The molecular weight excluding hydrogens is 244 g/mol. The monoisotopic (exact) mass is 262 g/mol. The molecule has 0 bridgehead atoms. The summed E-state index contributed by atoms with van der Waals surface area (Å²) in [6.07, 6.45) is 8.39. The number of carbonyl (C=O) groups excluding carboxylic acids is 1. The van der Waals surface area contributed by atoms with E-state index in [2.05, 4.69) is 6.08 Å². The molecule has 0 spiro atoms. The van der Waals surface area contributed by atoms with Crippen LogP contribution in [0.1, 0.15) is 25.8 Å². The highest BCUT2D eigenvalue weighted by Crippen LogP contribution is 2.16. The fourth-order valence-electron chi connectivity index (χ4n) is 1.84. The summed E-state index contributed by atoms with van der Waals surface area (Å²) >= 11 is 0. The van der Waals surface area contributed by atoms with Gasteiger partial charge in [0.2, 0.25) is 6.29 Å². The van der Waals surface area contributed by atoms with Gasteiger partial charge in [-0.1, -0.05) is 11.6 Å². The number of allylic oxidation sites excluding steroid dienone is 1. The number of furan rings is 1. The lowest BCUT2D eigenvalue weighted by atomic mass is 10.1. The van der Waals surface area contributed by atoms with Gasteiger partial charge in [-0.15, -0.1) is 0 Å². The van der Waals surface area contributed by atoms with Crippen molar-refractivity contribution in [1.29, 1.82) is 0 Å². The van der Waals surface area contributed by atoms with Gasteiger partial charge in [0.25, 0.3) is 0 Å². The lowest BCUT2D eigenvalue weighted by Crippen LogP contribution is -2.16. The third kappa shape index (κ3) is 4.10. The summed E-state index contributed by atoms with van der Waals surface area (Å²) in [7, 11) is 0. The zero-order chi connectivity index (χ0) is 13.7. The first kappa shape index (κ1) is 13.6. The number of esters is 1. The summed E-state index contributed by atoms with van der Waals surface area (Å²) in [4.78, 5) is 11.0. The molecule has 0 amide bonds. The number of hydrogen-bond acceptors (Lipinski definition) is 4. The van der Waals surface area contributed by atoms with Crippen molar-refractivity contribution in [3.8, 4) is 0 Å². The second-order valence-electron chi connectivity index (χ2n) is 4.69. The molecule has 4 heteroatoms. The van der Waals surface area contributed by atoms with Crippen LogP contribution in [0, 0.1) is 0 Å². The van der Waals surface area contributed by atoms with E-state index in [4.69, 9.17) is 13.9 Å². The highest BCUT2D eigenvalue weighted by atomic mass is 16.7. The molecule has 0 saturated heterocycles. The third-order valence-corrected chi connectivity index (χ3v) is 2.91. The minimum absolute atomic E-state index is 0.330. The molecule has 0 N–H and O–H groups in total. The Morgan fingerprint density at radius 3 is 3.00 bits per heavy atom. The maximum absolute atomic E-state index is 11.0. The van der Waals surface area contributed by atoms with E-state index in [1.54, 1.807) is 12.5 Å². The Labute approximate surface area is 112 Å². The first-order chi connectivity index (χ1) is 9.15. The molecule has 1 aliphatic heterocycles. The van der Waals surface area contributed by atoms with E-state index < -0.39 is 6.29 Å². The Balaban J connectivity index is 1.70. The second-order valence-corrected chi connectivity index (χ2v) is 4.69. The van der Waals surface area contributed by atoms with Gasteiger partial charge < -0.3 is 13.9 Å². The molecule has 0 aliphatic carbocycles. The van der Waals surface area contributed by atoms with E-state index in [1.807, 2.05) is 19.9 Å². The van der Waals surface area contributed by atoms with Gasteiger partial charge in [0.15, 0.2) is 0 Å². The Morgan fingerprint density at radius 2 is 2.37 bits per heavy atom. The van der Waals surface area contributed by atoms with Crippen LogP contribution in [0.25, 0.3) is 0 Å². The van der Waals surface area contributed by atoms with Gasteiger partial charge in [0.1, 0.15) is 0 Å². The number of ether oxygens (including phenoxy) is 2. The number of hydrogen-bond donors (Lipinski definition) is 0. The average Bonchev–Trinajstić information content (AvgIpc) is 2.97. The van der Waals surface area contributed by atoms with Crippen molar-refractivity contribution < 1.29 is 18.7 Å². The average molecular weight is 262 g/mol. The second kappa shape index (κ2) is 6.38. The molecule has 4 nitrogen and oxygen atoms in total. The third-order valence-electron chi connectivity index (χ3n) is 2.91. The zero-order valence-corrected chi connectivity index (χ0v) is 11.2. The lowest BCUT2D eigenvalue weighted by molar-refractivity contribution is -0.157. The van der Waals surface area contributed by atoms with Crippen molar-refractivity contribution in [2.45, 2.75) is 33.0 Å². The molecule has 0 saturated carbocycles. The Kier molecular flexibility index (Phi) is 4.58. The minimum Gasteiger partial charge on any atom is -0.472 e. The Morgan fingerprint density at radius 1 is 1.53 bits per heavy atom. The van der Waals surface area contributed by atoms with Crippen molar-refractivity contribution in [3.05, 3.63) is 47.5 Å². The van der Waals surface area contributed by atoms with Crippen molar-refractivity contribution in [3.63, 3.8) is 0 Å². The number of carbonyl (C=O) groups is 1. The quantitative estimate of drug-likeness (QED) is 0.584. The topological polar surface area (TPSA) is 48.7 Å². The standard InChI is InChI=1S/C15H18O4/c1-11(4-3-5-13-6-7-17-10-13)9-18-15-12(2)8-14(16)19-15/h4,6-8,10,15H,3,5,9H2,1-2H3/b11-4+/t15-/m0/s1. The SMILES string of the molecule is CC1=CC(=O)O[C@@H]1OC/C(C)=C/CCc1ccoc1. The summed E-state index contributed by atoms with van der Waals surface area (Å²) in [6.45, 7) is 4.30. The van der Waals surface area contributed by atoms with Gasteiger partial charge in [0.05, 0.1) is 19.1 Å². The molecule has 19 heavy (non-hydrogen) atoms. The summed E-state index contributed by atoms with van der Waals surface area (Å²) in [6, 6.07) is 1.96. The molecule has 102 valence electrons. The molecule has 1 aromatic rings.